The quantitative estimate of drug-likeness (QED) is 0.863. The summed E-state index contributed by atoms with van der Waals surface area (Å²) in [6.07, 6.45) is 2.65. The summed E-state index contributed by atoms with van der Waals surface area (Å²) in [6.45, 7) is 1.88. The number of ether oxygens (including phenoxy) is 1. The third-order valence-electron chi connectivity index (χ3n) is 5.08. The second-order valence-corrected chi connectivity index (χ2v) is 6.85. The minimum absolute atomic E-state index is 0.0341. The first-order valence-electron chi connectivity index (χ1n) is 7.89. The van der Waals surface area contributed by atoms with Gasteiger partial charge in [-0.1, -0.05) is 23.7 Å². The van der Waals surface area contributed by atoms with Crippen molar-refractivity contribution in [3.63, 3.8) is 0 Å². The average Bonchev–Trinajstić information content (AvgIpc) is 3.27. The Kier molecular flexibility index (Phi) is 4.48. The number of amides is 2. The molecule has 3 rings (SSSR count). The molecule has 0 aromatic heterocycles. The first-order chi connectivity index (χ1) is 11.0. The van der Waals surface area contributed by atoms with E-state index < -0.39 is 0 Å². The number of piperidine rings is 1. The molecule has 1 aliphatic carbocycles. The number of carbonyl (C=O) groups excluding carboxylic acids is 2. The Bertz CT molecular complexity index is 594. The molecule has 0 radical (unpaired) electrons. The van der Waals surface area contributed by atoms with Crippen molar-refractivity contribution >= 4 is 23.6 Å². The van der Waals surface area contributed by atoms with E-state index in [1.54, 1.807) is 0 Å². The number of nitrogens with one attached hydrogen (secondary N) is 1. The standard InChI is InChI=1S/C17H21ClN2O3/c1-23-15(21)14-10-17(14)6-8-20(9-7-17)16(22)19-11-12-2-4-13(18)5-3-12/h2-5,14H,6-11H2,1H3,(H,19,22)/t14-/m0/s1. The molecule has 23 heavy (non-hydrogen) atoms. The Morgan fingerprint density at radius 2 is 1.96 bits per heavy atom. The zero-order valence-corrected chi connectivity index (χ0v) is 13.9. The monoisotopic (exact) mass is 336 g/mol. The Hall–Kier alpha value is -1.75. The lowest BCUT2D eigenvalue weighted by Gasteiger charge is -2.32. The second kappa shape index (κ2) is 6.40. The van der Waals surface area contributed by atoms with Gasteiger partial charge < -0.3 is 15.0 Å². The van der Waals surface area contributed by atoms with Crippen LogP contribution in [0.3, 0.4) is 0 Å². The lowest BCUT2D eigenvalue weighted by atomic mass is 9.91. The van der Waals surface area contributed by atoms with Gasteiger partial charge in [-0.25, -0.2) is 4.79 Å². The summed E-state index contributed by atoms with van der Waals surface area (Å²) < 4.78 is 4.83. The molecule has 2 amide bonds. The van der Waals surface area contributed by atoms with Crippen LogP contribution in [0.4, 0.5) is 4.79 Å². The first kappa shape index (κ1) is 16.1. The van der Waals surface area contributed by atoms with Crippen molar-refractivity contribution in [1.29, 1.82) is 0 Å². The predicted octanol–water partition coefficient (Wildman–Crippen LogP) is 2.82. The van der Waals surface area contributed by atoms with E-state index in [9.17, 15) is 9.59 Å². The van der Waals surface area contributed by atoms with Gasteiger partial charge in [0.05, 0.1) is 13.0 Å². The van der Waals surface area contributed by atoms with E-state index in [1.165, 1.54) is 7.11 Å². The van der Waals surface area contributed by atoms with Gasteiger partial charge in [0.15, 0.2) is 0 Å². The van der Waals surface area contributed by atoms with E-state index >= 15 is 0 Å². The molecule has 1 atom stereocenters. The molecule has 124 valence electrons. The highest BCUT2D eigenvalue weighted by atomic mass is 35.5. The number of nitrogens with zero attached hydrogens (tertiary/aromatic N) is 1. The number of benzene rings is 1. The Morgan fingerprint density at radius 1 is 1.30 bits per heavy atom. The molecular formula is C17H21ClN2O3. The van der Waals surface area contributed by atoms with Gasteiger partial charge in [-0.3, -0.25) is 4.79 Å². The van der Waals surface area contributed by atoms with Gasteiger partial charge in [0.2, 0.25) is 0 Å². The van der Waals surface area contributed by atoms with Gasteiger partial charge in [-0.15, -0.1) is 0 Å². The molecule has 0 bridgehead atoms. The smallest absolute Gasteiger partial charge is 0.317 e. The van der Waals surface area contributed by atoms with Crippen LogP contribution >= 0.6 is 11.6 Å². The van der Waals surface area contributed by atoms with Crippen molar-refractivity contribution in [3.05, 3.63) is 34.9 Å². The molecule has 1 saturated carbocycles. The highest BCUT2D eigenvalue weighted by Gasteiger charge is 2.59. The zero-order valence-electron chi connectivity index (χ0n) is 13.2. The number of methoxy groups -OCH3 is 1. The summed E-state index contributed by atoms with van der Waals surface area (Å²) in [5.74, 6) is -0.0718. The lowest BCUT2D eigenvalue weighted by molar-refractivity contribution is -0.143. The first-order valence-corrected chi connectivity index (χ1v) is 8.27. The fourth-order valence-electron chi connectivity index (χ4n) is 3.42. The Balaban J connectivity index is 1.45. The number of carbonyl (C=O) groups is 2. The van der Waals surface area contributed by atoms with E-state index in [1.807, 2.05) is 29.2 Å². The normalized spacial score (nSPS) is 21.8. The minimum atomic E-state index is -0.106. The second-order valence-electron chi connectivity index (χ2n) is 6.41. The maximum absolute atomic E-state index is 12.2. The number of esters is 1. The molecule has 0 unspecified atom stereocenters. The van der Waals surface area contributed by atoms with Gasteiger partial charge >= 0.3 is 12.0 Å². The SMILES string of the molecule is COC(=O)[C@@H]1CC12CCN(C(=O)NCc1ccc(Cl)cc1)CC2. The van der Waals surface area contributed by atoms with Crippen LogP contribution in [-0.4, -0.2) is 37.1 Å². The fourth-order valence-corrected chi connectivity index (χ4v) is 3.55. The lowest BCUT2D eigenvalue weighted by Crippen LogP contribution is -2.45. The van der Waals surface area contributed by atoms with Crippen molar-refractivity contribution in [3.8, 4) is 0 Å². The summed E-state index contributed by atoms with van der Waals surface area (Å²) in [4.78, 5) is 25.7. The van der Waals surface area contributed by atoms with Gasteiger partial charge in [0.25, 0.3) is 0 Å². The van der Waals surface area contributed by atoms with E-state index in [4.69, 9.17) is 16.3 Å². The fraction of sp³-hybridized carbons (Fsp3) is 0.529. The summed E-state index contributed by atoms with van der Waals surface area (Å²) in [6, 6.07) is 7.38. The van der Waals surface area contributed by atoms with E-state index in [0.29, 0.717) is 24.7 Å². The minimum Gasteiger partial charge on any atom is -0.469 e. The van der Waals surface area contributed by atoms with E-state index in [0.717, 1.165) is 24.8 Å². The molecule has 1 spiro atoms. The Morgan fingerprint density at radius 3 is 2.57 bits per heavy atom. The molecule has 1 aromatic rings. The average molecular weight is 337 g/mol. The summed E-state index contributed by atoms with van der Waals surface area (Å²) >= 11 is 5.84. The van der Waals surface area contributed by atoms with Crippen molar-refractivity contribution in [2.24, 2.45) is 11.3 Å². The third-order valence-corrected chi connectivity index (χ3v) is 5.33. The van der Waals surface area contributed by atoms with Crippen LogP contribution in [0.5, 0.6) is 0 Å². The van der Waals surface area contributed by atoms with Crippen LogP contribution in [0, 0.1) is 11.3 Å². The van der Waals surface area contributed by atoms with Crippen molar-refractivity contribution in [2.75, 3.05) is 20.2 Å². The Labute approximate surface area is 140 Å². The number of hydrogen-bond donors (Lipinski definition) is 1. The molecule has 6 heteroatoms. The maximum Gasteiger partial charge on any atom is 0.317 e. The summed E-state index contributed by atoms with van der Waals surface area (Å²) in [5.41, 5.74) is 1.10. The third kappa shape index (κ3) is 3.44. The van der Waals surface area contributed by atoms with Crippen LogP contribution in [0.25, 0.3) is 0 Å². The molecule has 1 N–H and O–H groups in total. The van der Waals surface area contributed by atoms with Crippen LogP contribution in [0.1, 0.15) is 24.8 Å². The van der Waals surface area contributed by atoms with Crippen molar-refractivity contribution in [2.45, 2.75) is 25.8 Å². The predicted molar refractivity (Wildman–Crippen MR) is 87.1 cm³/mol. The van der Waals surface area contributed by atoms with Crippen molar-refractivity contribution in [1.82, 2.24) is 10.2 Å². The number of rotatable bonds is 3. The highest BCUT2D eigenvalue weighted by molar-refractivity contribution is 6.30. The topological polar surface area (TPSA) is 58.6 Å². The number of urea groups is 1. The molecule has 5 nitrogen and oxygen atoms in total. The molecule has 1 aliphatic heterocycles. The number of hydrogen-bond acceptors (Lipinski definition) is 3. The summed E-state index contributed by atoms with van der Waals surface area (Å²) in [7, 11) is 1.44. The van der Waals surface area contributed by atoms with Gasteiger partial charge in [-0.2, -0.15) is 0 Å². The van der Waals surface area contributed by atoms with Crippen molar-refractivity contribution < 1.29 is 14.3 Å². The molecule has 1 heterocycles. The molecule has 1 aromatic carbocycles. The zero-order chi connectivity index (χ0) is 16.4. The van der Waals surface area contributed by atoms with Crippen LogP contribution in [-0.2, 0) is 16.1 Å². The van der Waals surface area contributed by atoms with Gasteiger partial charge in [0.1, 0.15) is 0 Å². The molecular weight excluding hydrogens is 316 g/mol. The van der Waals surface area contributed by atoms with Gasteiger partial charge in [-0.05, 0) is 42.4 Å². The largest absolute Gasteiger partial charge is 0.469 e. The maximum atomic E-state index is 12.2. The van der Waals surface area contributed by atoms with Crippen LogP contribution < -0.4 is 5.32 Å². The molecule has 2 aliphatic rings. The number of halogens is 1. The summed E-state index contributed by atoms with van der Waals surface area (Å²) in [5, 5.41) is 3.62. The van der Waals surface area contributed by atoms with Crippen LogP contribution in [0.15, 0.2) is 24.3 Å². The highest BCUT2D eigenvalue weighted by Crippen LogP contribution is 2.59. The van der Waals surface area contributed by atoms with E-state index in [2.05, 4.69) is 5.32 Å². The van der Waals surface area contributed by atoms with Gasteiger partial charge in [0, 0.05) is 24.7 Å². The van der Waals surface area contributed by atoms with Crippen LogP contribution in [0.2, 0.25) is 5.02 Å². The van der Waals surface area contributed by atoms with E-state index in [-0.39, 0.29) is 23.3 Å². The molecule has 2 fully saturated rings. The number of likely N-dealkylation sites (tertiary alicyclic amines) is 1. The molecule has 1 saturated heterocycles.